The van der Waals surface area contributed by atoms with Gasteiger partial charge in [0.25, 0.3) is 11.8 Å². The second-order valence-corrected chi connectivity index (χ2v) is 6.46. The molecule has 0 saturated heterocycles. The summed E-state index contributed by atoms with van der Waals surface area (Å²) in [6.07, 6.45) is 0. The van der Waals surface area contributed by atoms with Crippen molar-refractivity contribution >= 4 is 23.2 Å². The van der Waals surface area contributed by atoms with Gasteiger partial charge in [-0.2, -0.15) is 0 Å². The number of carbonyl (C=O) groups excluding carboxylic acids is 2. The van der Waals surface area contributed by atoms with Crippen LogP contribution in [-0.2, 0) is 0 Å². The molecular formula is C18H17N3O3S. The Balaban J connectivity index is 1.63. The first kappa shape index (κ1) is 16.9. The predicted octanol–water partition coefficient (Wildman–Crippen LogP) is 3.40. The first-order chi connectivity index (χ1) is 11.9. The molecular weight excluding hydrogens is 338 g/mol. The first-order valence-corrected chi connectivity index (χ1v) is 8.52. The monoisotopic (exact) mass is 355 g/mol. The number of nitrogens with zero attached hydrogens (tertiary/aromatic N) is 1. The van der Waals surface area contributed by atoms with E-state index in [0.29, 0.717) is 22.6 Å². The van der Waals surface area contributed by atoms with Gasteiger partial charge in [0.2, 0.25) is 0 Å². The van der Waals surface area contributed by atoms with E-state index in [0.717, 1.165) is 16.3 Å². The zero-order valence-electron chi connectivity index (χ0n) is 14.0. The average Bonchev–Trinajstić information content (AvgIpc) is 3.17. The maximum absolute atomic E-state index is 12.2. The summed E-state index contributed by atoms with van der Waals surface area (Å²) in [6, 6.07) is 8.68. The van der Waals surface area contributed by atoms with Crippen molar-refractivity contribution < 1.29 is 14.0 Å². The van der Waals surface area contributed by atoms with Gasteiger partial charge in [0, 0.05) is 22.2 Å². The Labute approximate surface area is 148 Å². The zero-order valence-corrected chi connectivity index (χ0v) is 14.9. The van der Waals surface area contributed by atoms with E-state index in [2.05, 4.69) is 15.8 Å². The Hall–Kier alpha value is -2.93. The number of carbonyl (C=O) groups is 2. The molecule has 2 aromatic heterocycles. The third kappa shape index (κ3) is 3.77. The van der Waals surface area contributed by atoms with Gasteiger partial charge in [-0.25, -0.2) is 4.98 Å². The van der Waals surface area contributed by atoms with Crippen LogP contribution in [-0.4, -0.2) is 16.8 Å². The van der Waals surface area contributed by atoms with Crippen molar-refractivity contribution in [1.29, 1.82) is 0 Å². The molecule has 0 aliphatic heterocycles. The normalized spacial score (nSPS) is 10.5. The molecule has 3 aromatic rings. The van der Waals surface area contributed by atoms with Crippen molar-refractivity contribution in [2.75, 3.05) is 0 Å². The summed E-state index contributed by atoms with van der Waals surface area (Å²) in [7, 11) is 0. The lowest BCUT2D eigenvalue weighted by Gasteiger charge is -2.07. The minimum atomic E-state index is -0.419. The van der Waals surface area contributed by atoms with E-state index < -0.39 is 11.8 Å². The average molecular weight is 355 g/mol. The van der Waals surface area contributed by atoms with Gasteiger partial charge in [-0.1, -0.05) is 12.1 Å². The van der Waals surface area contributed by atoms with Crippen LogP contribution in [0.4, 0.5) is 0 Å². The number of rotatable bonds is 3. The first-order valence-electron chi connectivity index (χ1n) is 7.64. The highest BCUT2D eigenvalue weighted by Crippen LogP contribution is 2.23. The topological polar surface area (TPSA) is 84.2 Å². The molecule has 0 aliphatic rings. The predicted molar refractivity (Wildman–Crippen MR) is 95.4 cm³/mol. The van der Waals surface area contributed by atoms with Crippen LogP contribution in [0, 0.1) is 20.8 Å². The fourth-order valence-corrected chi connectivity index (χ4v) is 3.16. The molecule has 0 bridgehead atoms. The molecule has 6 nitrogen and oxygen atoms in total. The van der Waals surface area contributed by atoms with E-state index >= 15 is 0 Å². The summed E-state index contributed by atoms with van der Waals surface area (Å²) >= 11 is 1.55. The fourth-order valence-electron chi connectivity index (χ4n) is 2.36. The highest BCUT2D eigenvalue weighted by molar-refractivity contribution is 7.13. The van der Waals surface area contributed by atoms with Gasteiger partial charge in [0.05, 0.1) is 5.56 Å². The van der Waals surface area contributed by atoms with E-state index in [1.807, 2.05) is 24.4 Å². The largest absolute Gasteiger partial charge is 0.466 e. The maximum Gasteiger partial charge on any atom is 0.273 e. The molecule has 2 heterocycles. The number of hydrogen-bond acceptors (Lipinski definition) is 5. The second kappa shape index (κ2) is 6.90. The Bertz CT molecular complexity index is 925. The molecule has 0 aliphatic carbocycles. The number of nitrogens with one attached hydrogen (secondary N) is 2. The van der Waals surface area contributed by atoms with Crippen LogP contribution in [0.3, 0.4) is 0 Å². The number of hydrogen-bond donors (Lipinski definition) is 2. The summed E-state index contributed by atoms with van der Waals surface area (Å²) in [6.45, 7) is 5.39. The Morgan fingerprint density at radius 3 is 2.28 bits per heavy atom. The fraction of sp³-hybridized carbons (Fsp3) is 0.167. The van der Waals surface area contributed by atoms with Crippen molar-refractivity contribution in [3.05, 3.63) is 64.1 Å². The van der Waals surface area contributed by atoms with Gasteiger partial charge < -0.3 is 4.42 Å². The van der Waals surface area contributed by atoms with Gasteiger partial charge in [-0.3, -0.25) is 20.4 Å². The van der Waals surface area contributed by atoms with Crippen LogP contribution >= 0.6 is 11.3 Å². The molecule has 0 fully saturated rings. The van der Waals surface area contributed by atoms with Gasteiger partial charge in [0.1, 0.15) is 16.5 Å². The lowest BCUT2D eigenvalue weighted by molar-refractivity contribution is 0.0845. The third-order valence-corrected chi connectivity index (χ3v) is 4.60. The molecule has 0 saturated carbocycles. The molecule has 0 radical (unpaired) electrons. The van der Waals surface area contributed by atoms with Gasteiger partial charge in [-0.05, 0) is 39.0 Å². The van der Waals surface area contributed by atoms with E-state index in [1.54, 1.807) is 43.4 Å². The van der Waals surface area contributed by atoms with Gasteiger partial charge >= 0.3 is 0 Å². The number of thiazole rings is 1. The molecule has 25 heavy (non-hydrogen) atoms. The zero-order chi connectivity index (χ0) is 18.0. The molecule has 7 heteroatoms. The smallest absolute Gasteiger partial charge is 0.273 e. The molecule has 1 aromatic carbocycles. The highest BCUT2D eigenvalue weighted by Gasteiger charge is 2.14. The Morgan fingerprint density at radius 1 is 1.04 bits per heavy atom. The van der Waals surface area contributed by atoms with E-state index in [1.165, 1.54) is 0 Å². The van der Waals surface area contributed by atoms with Gasteiger partial charge in [-0.15, -0.1) is 11.3 Å². The summed E-state index contributed by atoms with van der Waals surface area (Å²) in [4.78, 5) is 28.6. The maximum atomic E-state index is 12.2. The second-order valence-electron chi connectivity index (χ2n) is 5.61. The van der Waals surface area contributed by atoms with Crippen molar-refractivity contribution in [2.24, 2.45) is 0 Å². The quantitative estimate of drug-likeness (QED) is 0.705. The molecule has 3 rings (SSSR count). The number of amides is 2. The Kier molecular flexibility index (Phi) is 4.67. The molecule has 0 unspecified atom stereocenters. The van der Waals surface area contributed by atoms with Crippen LogP contribution in [0.2, 0.25) is 0 Å². The van der Waals surface area contributed by atoms with Crippen LogP contribution in [0.1, 0.15) is 37.9 Å². The summed E-state index contributed by atoms with van der Waals surface area (Å²) in [5.41, 5.74) is 7.55. The highest BCUT2D eigenvalue weighted by atomic mass is 32.1. The van der Waals surface area contributed by atoms with Crippen LogP contribution in [0.5, 0.6) is 0 Å². The van der Waals surface area contributed by atoms with Crippen molar-refractivity contribution in [1.82, 2.24) is 15.8 Å². The number of benzene rings is 1. The molecule has 0 spiro atoms. The van der Waals surface area contributed by atoms with Crippen molar-refractivity contribution in [3.8, 4) is 10.6 Å². The molecule has 0 atom stereocenters. The van der Waals surface area contributed by atoms with Crippen LogP contribution in [0.25, 0.3) is 10.6 Å². The summed E-state index contributed by atoms with van der Waals surface area (Å²) in [5.74, 6) is 0.333. The van der Waals surface area contributed by atoms with Crippen molar-refractivity contribution in [2.45, 2.75) is 20.8 Å². The lowest BCUT2D eigenvalue weighted by Crippen LogP contribution is -2.41. The van der Waals surface area contributed by atoms with Crippen LogP contribution < -0.4 is 10.9 Å². The van der Waals surface area contributed by atoms with Crippen molar-refractivity contribution in [3.63, 3.8) is 0 Å². The Morgan fingerprint density at radius 2 is 1.72 bits per heavy atom. The number of aromatic nitrogens is 1. The number of aryl methyl sites for hydroxylation is 3. The number of hydrazine groups is 1. The minimum absolute atomic E-state index is 0.395. The SMILES string of the molecule is Cc1csc(-c2ccc(C(=O)NNC(=O)c3cc(C)oc3C)cc2)n1. The van der Waals surface area contributed by atoms with Gasteiger partial charge in [0.15, 0.2) is 0 Å². The standard InChI is InChI=1S/C18H17N3O3S/c1-10-9-25-18(19-10)14-6-4-13(5-7-14)16(22)20-21-17(23)15-8-11(2)24-12(15)3/h4-9H,1-3H3,(H,20,22)(H,21,23). The van der Waals surface area contributed by atoms with E-state index in [-0.39, 0.29) is 0 Å². The third-order valence-electron chi connectivity index (χ3n) is 3.59. The summed E-state index contributed by atoms with van der Waals surface area (Å²) < 4.78 is 5.31. The van der Waals surface area contributed by atoms with Crippen LogP contribution in [0.15, 0.2) is 40.1 Å². The van der Waals surface area contributed by atoms with E-state index in [4.69, 9.17) is 4.42 Å². The lowest BCUT2D eigenvalue weighted by atomic mass is 10.1. The molecule has 2 amide bonds. The molecule has 2 N–H and O–H groups in total. The molecule has 128 valence electrons. The minimum Gasteiger partial charge on any atom is -0.466 e. The summed E-state index contributed by atoms with van der Waals surface area (Å²) in [5, 5.41) is 2.88. The number of furan rings is 1. The van der Waals surface area contributed by atoms with E-state index in [9.17, 15) is 9.59 Å².